The Balaban J connectivity index is 2.49. The van der Waals surface area contributed by atoms with Gasteiger partial charge >= 0.3 is 6.18 Å². The Bertz CT molecular complexity index is 755. The number of anilines is 1. The SMILES string of the molecule is Nc1ccccc1CS(=O)(=O)c1ccccc1C(F)(F)F. The molecule has 2 rings (SSSR count). The zero-order valence-electron chi connectivity index (χ0n) is 10.8. The average molecular weight is 315 g/mol. The fraction of sp³-hybridized carbons (Fsp3) is 0.143. The van der Waals surface area contributed by atoms with Crippen molar-refractivity contribution in [2.45, 2.75) is 16.8 Å². The Kier molecular flexibility index (Phi) is 3.95. The maximum atomic E-state index is 12.9. The predicted molar refractivity (Wildman–Crippen MR) is 73.2 cm³/mol. The summed E-state index contributed by atoms with van der Waals surface area (Å²) in [6.07, 6.45) is -4.73. The second kappa shape index (κ2) is 5.40. The normalized spacial score (nSPS) is 12.3. The van der Waals surface area contributed by atoms with Crippen LogP contribution in [0.2, 0.25) is 0 Å². The lowest BCUT2D eigenvalue weighted by atomic mass is 10.2. The third-order valence-electron chi connectivity index (χ3n) is 2.93. The van der Waals surface area contributed by atoms with Crippen molar-refractivity contribution in [2.24, 2.45) is 0 Å². The number of nitrogen functional groups attached to an aromatic ring is 1. The van der Waals surface area contributed by atoms with Gasteiger partial charge in [0.15, 0.2) is 9.84 Å². The number of sulfone groups is 1. The molecule has 2 aromatic rings. The molecule has 0 atom stereocenters. The monoisotopic (exact) mass is 315 g/mol. The lowest BCUT2D eigenvalue weighted by molar-refractivity contribution is -0.139. The Morgan fingerprint density at radius 2 is 1.52 bits per heavy atom. The van der Waals surface area contributed by atoms with Crippen LogP contribution in [0.4, 0.5) is 18.9 Å². The molecule has 0 aliphatic carbocycles. The van der Waals surface area contributed by atoms with E-state index in [1.165, 1.54) is 18.2 Å². The summed E-state index contributed by atoms with van der Waals surface area (Å²) in [6.45, 7) is 0. The Labute approximate surface area is 120 Å². The Morgan fingerprint density at radius 1 is 0.952 bits per heavy atom. The van der Waals surface area contributed by atoms with E-state index < -0.39 is 32.2 Å². The van der Waals surface area contributed by atoms with Gasteiger partial charge in [0.25, 0.3) is 0 Å². The van der Waals surface area contributed by atoms with Gasteiger partial charge in [-0.3, -0.25) is 0 Å². The first-order chi connectivity index (χ1) is 9.72. The lowest BCUT2D eigenvalue weighted by Crippen LogP contribution is -2.15. The first-order valence-electron chi connectivity index (χ1n) is 5.94. The molecule has 0 amide bonds. The van der Waals surface area contributed by atoms with Crippen LogP contribution in [0.1, 0.15) is 11.1 Å². The van der Waals surface area contributed by atoms with Crippen LogP contribution < -0.4 is 5.73 Å². The molecule has 0 spiro atoms. The van der Waals surface area contributed by atoms with Crippen molar-refractivity contribution in [3.05, 3.63) is 59.7 Å². The second-order valence-corrected chi connectivity index (χ2v) is 6.41. The third kappa shape index (κ3) is 3.36. The molecule has 0 saturated carbocycles. The van der Waals surface area contributed by atoms with E-state index in [4.69, 9.17) is 5.73 Å². The molecule has 0 saturated heterocycles. The molecule has 2 N–H and O–H groups in total. The van der Waals surface area contributed by atoms with Crippen LogP contribution in [0, 0.1) is 0 Å². The minimum absolute atomic E-state index is 0.227. The summed E-state index contributed by atoms with van der Waals surface area (Å²) in [4.78, 5) is -0.735. The number of benzene rings is 2. The smallest absolute Gasteiger partial charge is 0.398 e. The number of para-hydroxylation sites is 1. The summed E-state index contributed by atoms with van der Waals surface area (Å²) in [7, 11) is -4.15. The van der Waals surface area contributed by atoms with Gasteiger partial charge in [0.1, 0.15) is 0 Å². The highest BCUT2D eigenvalue weighted by Crippen LogP contribution is 2.35. The molecule has 0 aliphatic rings. The number of alkyl halides is 3. The van der Waals surface area contributed by atoms with Crippen molar-refractivity contribution in [2.75, 3.05) is 5.73 Å². The van der Waals surface area contributed by atoms with Gasteiger partial charge in [0, 0.05) is 5.69 Å². The van der Waals surface area contributed by atoms with Crippen molar-refractivity contribution in [3.8, 4) is 0 Å². The van der Waals surface area contributed by atoms with Crippen molar-refractivity contribution in [3.63, 3.8) is 0 Å². The van der Waals surface area contributed by atoms with Gasteiger partial charge in [-0.2, -0.15) is 13.2 Å². The van der Waals surface area contributed by atoms with E-state index in [1.807, 2.05) is 0 Å². The zero-order valence-corrected chi connectivity index (χ0v) is 11.6. The van der Waals surface area contributed by atoms with Crippen LogP contribution in [0.3, 0.4) is 0 Å². The van der Waals surface area contributed by atoms with E-state index in [0.717, 1.165) is 18.2 Å². The third-order valence-corrected chi connectivity index (χ3v) is 4.65. The van der Waals surface area contributed by atoms with Gasteiger partial charge in [0.2, 0.25) is 0 Å². The summed E-state index contributed by atoms with van der Waals surface area (Å²) in [5, 5.41) is 0. The van der Waals surface area contributed by atoms with Crippen LogP contribution in [0.5, 0.6) is 0 Å². The van der Waals surface area contributed by atoms with Gasteiger partial charge in [-0.25, -0.2) is 8.42 Å². The molecule has 0 aliphatic heterocycles. The number of hydrogen-bond donors (Lipinski definition) is 1. The van der Waals surface area contributed by atoms with Gasteiger partial charge < -0.3 is 5.73 Å². The molecule has 0 aromatic heterocycles. The fourth-order valence-electron chi connectivity index (χ4n) is 1.92. The van der Waals surface area contributed by atoms with Crippen LogP contribution in [-0.2, 0) is 21.8 Å². The molecular weight excluding hydrogens is 303 g/mol. The largest absolute Gasteiger partial charge is 0.417 e. The minimum Gasteiger partial charge on any atom is -0.398 e. The van der Waals surface area contributed by atoms with Gasteiger partial charge in [-0.05, 0) is 23.8 Å². The molecule has 0 unspecified atom stereocenters. The number of hydrogen-bond acceptors (Lipinski definition) is 3. The zero-order chi connectivity index (χ0) is 15.7. The van der Waals surface area contributed by atoms with E-state index in [-0.39, 0.29) is 11.3 Å². The van der Waals surface area contributed by atoms with E-state index in [1.54, 1.807) is 12.1 Å². The highest BCUT2D eigenvalue weighted by molar-refractivity contribution is 7.90. The number of rotatable bonds is 3. The summed E-state index contributed by atoms with van der Waals surface area (Å²) < 4.78 is 63.3. The van der Waals surface area contributed by atoms with Crippen molar-refractivity contribution >= 4 is 15.5 Å². The molecule has 7 heteroatoms. The van der Waals surface area contributed by atoms with Gasteiger partial charge in [0.05, 0.1) is 16.2 Å². The van der Waals surface area contributed by atoms with Crippen LogP contribution in [0.25, 0.3) is 0 Å². The summed E-state index contributed by atoms with van der Waals surface area (Å²) >= 11 is 0. The highest BCUT2D eigenvalue weighted by atomic mass is 32.2. The van der Waals surface area contributed by atoms with Gasteiger partial charge in [-0.1, -0.05) is 30.3 Å². The quantitative estimate of drug-likeness (QED) is 0.884. The first-order valence-corrected chi connectivity index (χ1v) is 7.59. The summed E-state index contributed by atoms with van der Waals surface area (Å²) in [5.41, 5.74) is 4.98. The molecule has 0 radical (unpaired) electrons. The lowest BCUT2D eigenvalue weighted by Gasteiger charge is -2.13. The second-order valence-electron chi connectivity index (χ2n) is 4.45. The van der Waals surface area contributed by atoms with Crippen molar-refractivity contribution < 1.29 is 21.6 Å². The number of halogens is 3. The van der Waals surface area contributed by atoms with E-state index >= 15 is 0 Å². The molecular formula is C14H12F3NO2S. The average Bonchev–Trinajstić information content (AvgIpc) is 2.40. The van der Waals surface area contributed by atoms with Gasteiger partial charge in [-0.15, -0.1) is 0 Å². The Morgan fingerprint density at radius 3 is 2.14 bits per heavy atom. The van der Waals surface area contributed by atoms with Crippen LogP contribution in [0.15, 0.2) is 53.4 Å². The molecule has 3 nitrogen and oxygen atoms in total. The standard InChI is InChI=1S/C14H12F3NO2S/c15-14(16,17)11-6-2-4-8-13(11)21(19,20)9-10-5-1-3-7-12(10)18/h1-8H,9,18H2. The first kappa shape index (κ1) is 15.4. The molecule has 0 fully saturated rings. The van der Waals surface area contributed by atoms with E-state index in [0.29, 0.717) is 0 Å². The van der Waals surface area contributed by atoms with Crippen LogP contribution in [-0.4, -0.2) is 8.42 Å². The topological polar surface area (TPSA) is 60.2 Å². The number of nitrogens with two attached hydrogens (primary N) is 1. The summed E-state index contributed by atoms with van der Waals surface area (Å²) in [5.74, 6) is -0.577. The molecule has 0 heterocycles. The highest BCUT2D eigenvalue weighted by Gasteiger charge is 2.36. The molecule has 2 aromatic carbocycles. The fourth-order valence-corrected chi connectivity index (χ4v) is 3.55. The molecule has 112 valence electrons. The predicted octanol–water partition coefficient (Wildman–Crippen LogP) is 3.26. The maximum absolute atomic E-state index is 12.9. The molecule has 0 bridgehead atoms. The minimum atomic E-state index is -4.73. The van der Waals surface area contributed by atoms with E-state index in [9.17, 15) is 21.6 Å². The van der Waals surface area contributed by atoms with E-state index in [2.05, 4.69) is 0 Å². The Hall–Kier alpha value is -2.02. The van der Waals surface area contributed by atoms with Crippen molar-refractivity contribution in [1.29, 1.82) is 0 Å². The van der Waals surface area contributed by atoms with Crippen molar-refractivity contribution in [1.82, 2.24) is 0 Å². The van der Waals surface area contributed by atoms with Crippen LogP contribution >= 0.6 is 0 Å². The maximum Gasteiger partial charge on any atom is 0.417 e. The summed E-state index contributed by atoms with van der Waals surface area (Å²) in [6, 6.07) is 10.3. The molecule has 21 heavy (non-hydrogen) atoms.